The van der Waals surface area contributed by atoms with Crippen LogP contribution >= 0.6 is 0 Å². The third-order valence-corrected chi connectivity index (χ3v) is 6.24. The molecule has 1 aromatic heterocycles. The Morgan fingerprint density at radius 3 is 2.11 bits per heavy atom. The summed E-state index contributed by atoms with van der Waals surface area (Å²) in [5.41, 5.74) is 4.94. The zero-order valence-corrected chi connectivity index (χ0v) is 21.5. The topological polar surface area (TPSA) is 56.0 Å². The van der Waals surface area contributed by atoms with Crippen molar-refractivity contribution in [1.82, 2.24) is 0 Å². The third kappa shape index (κ3) is 5.21. The minimum Gasteiger partial charge on any atom is -0.497 e. The quantitative estimate of drug-likeness (QED) is 0.250. The summed E-state index contributed by atoms with van der Waals surface area (Å²) in [5, 5.41) is 6.14. The van der Waals surface area contributed by atoms with E-state index in [0.717, 1.165) is 67.3 Å². The van der Waals surface area contributed by atoms with Gasteiger partial charge in [0.25, 0.3) is 0 Å². The summed E-state index contributed by atoms with van der Waals surface area (Å²) in [6.45, 7) is 6.49. The van der Waals surface area contributed by atoms with E-state index in [1.807, 2.05) is 99.6 Å². The molecule has 0 fully saturated rings. The Morgan fingerprint density at radius 1 is 0.757 bits per heavy atom. The molecule has 0 unspecified atom stereocenters. The average Bonchev–Trinajstić information content (AvgIpc) is 3.12. The van der Waals surface area contributed by atoms with Crippen molar-refractivity contribution in [2.24, 2.45) is 4.99 Å². The van der Waals surface area contributed by atoms with E-state index in [1.54, 1.807) is 7.11 Å². The molecule has 5 rings (SSSR count). The van der Waals surface area contributed by atoms with Crippen molar-refractivity contribution in [2.75, 3.05) is 19.0 Å². The fraction of sp³-hybridized carbons (Fsp3) is 0.156. The summed E-state index contributed by atoms with van der Waals surface area (Å²) < 4.78 is 17.5. The van der Waals surface area contributed by atoms with E-state index in [0.29, 0.717) is 6.61 Å². The number of anilines is 2. The first-order chi connectivity index (χ1) is 18.1. The van der Waals surface area contributed by atoms with Crippen LogP contribution < -0.4 is 20.1 Å². The van der Waals surface area contributed by atoms with Crippen LogP contribution in [0, 0.1) is 13.8 Å². The Bertz CT molecular complexity index is 1590. The lowest BCUT2D eigenvalue weighted by Gasteiger charge is -2.06. The Kier molecular flexibility index (Phi) is 6.95. The lowest BCUT2D eigenvalue weighted by Crippen LogP contribution is -2.00. The number of rotatable bonds is 7. The first kappa shape index (κ1) is 24.2. The SMILES string of the molecule is CCOc1cc(-c2ccc(OC)cc2)cc(=Nc2ccc(Nc3ccccc3)cc2)c2c(C)oc(C)c12. The highest BCUT2D eigenvalue weighted by Crippen LogP contribution is 2.34. The van der Waals surface area contributed by atoms with Crippen molar-refractivity contribution in [3.63, 3.8) is 0 Å². The minimum atomic E-state index is 0.549. The van der Waals surface area contributed by atoms with Crippen LogP contribution in [-0.2, 0) is 0 Å². The Labute approximate surface area is 217 Å². The van der Waals surface area contributed by atoms with Gasteiger partial charge in [-0.2, -0.15) is 0 Å². The second kappa shape index (κ2) is 10.6. The van der Waals surface area contributed by atoms with Crippen LogP contribution in [0.2, 0.25) is 0 Å². The Hall–Kier alpha value is -4.51. The molecule has 37 heavy (non-hydrogen) atoms. The molecule has 0 aliphatic heterocycles. The van der Waals surface area contributed by atoms with Gasteiger partial charge >= 0.3 is 0 Å². The van der Waals surface area contributed by atoms with Crippen molar-refractivity contribution >= 4 is 27.8 Å². The van der Waals surface area contributed by atoms with Crippen LogP contribution in [0.25, 0.3) is 21.9 Å². The smallest absolute Gasteiger partial charge is 0.131 e. The van der Waals surface area contributed by atoms with Crippen molar-refractivity contribution in [2.45, 2.75) is 20.8 Å². The highest BCUT2D eigenvalue weighted by Gasteiger charge is 2.15. The van der Waals surface area contributed by atoms with E-state index in [-0.39, 0.29) is 0 Å². The molecule has 0 amide bonds. The number of nitrogens with zero attached hydrogens (tertiary/aromatic N) is 1. The predicted octanol–water partition coefficient (Wildman–Crippen LogP) is 8.10. The molecule has 0 atom stereocenters. The maximum Gasteiger partial charge on any atom is 0.131 e. The van der Waals surface area contributed by atoms with E-state index in [1.165, 1.54) is 0 Å². The molecule has 0 spiro atoms. The summed E-state index contributed by atoms with van der Waals surface area (Å²) >= 11 is 0. The van der Waals surface area contributed by atoms with E-state index in [4.69, 9.17) is 18.9 Å². The van der Waals surface area contributed by atoms with Gasteiger partial charge in [0, 0.05) is 11.4 Å². The van der Waals surface area contributed by atoms with Gasteiger partial charge in [-0.25, -0.2) is 4.99 Å². The number of para-hydroxylation sites is 1. The molecule has 1 N–H and O–H groups in total. The van der Waals surface area contributed by atoms with Crippen molar-refractivity contribution in [3.8, 4) is 22.6 Å². The second-order valence-corrected chi connectivity index (χ2v) is 8.77. The minimum absolute atomic E-state index is 0.549. The van der Waals surface area contributed by atoms with Crippen LogP contribution in [0.5, 0.6) is 11.5 Å². The highest BCUT2D eigenvalue weighted by molar-refractivity contribution is 5.93. The standard InChI is InChI=1S/C32H30N2O3/c1-5-36-30-20-24(23-11-17-28(35-4)18-12-23)19-29(31-21(2)37-22(3)32(30)31)34-27-15-13-26(14-16-27)33-25-9-7-6-8-10-25/h6-20,33H,5H2,1-4H3. The fourth-order valence-electron chi connectivity index (χ4n) is 4.52. The first-order valence-electron chi connectivity index (χ1n) is 12.4. The molecule has 0 bridgehead atoms. The summed E-state index contributed by atoms with van der Waals surface area (Å²) in [7, 11) is 1.67. The lowest BCUT2D eigenvalue weighted by atomic mass is 10.1. The number of methoxy groups -OCH3 is 1. The van der Waals surface area contributed by atoms with Crippen LogP contribution in [-0.4, -0.2) is 13.7 Å². The van der Waals surface area contributed by atoms with Crippen LogP contribution in [0.3, 0.4) is 0 Å². The van der Waals surface area contributed by atoms with Gasteiger partial charge in [-0.1, -0.05) is 30.3 Å². The van der Waals surface area contributed by atoms with E-state index >= 15 is 0 Å². The van der Waals surface area contributed by atoms with E-state index in [9.17, 15) is 0 Å². The maximum absolute atomic E-state index is 6.12. The number of hydrogen-bond donors (Lipinski definition) is 1. The molecule has 5 heteroatoms. The number of nitrogens with one attached hydrogen (secondary N) is 1. The molecule has 0 saturated heterocycles. The molecule has 0 radical (unpaired) electrons. The number of fused-ring (bicyclic) bond motifs is 1. The zero-order chi connectivity index (χ0) is 25.8. The Morgan fingerprint density at radius 2 is 1.43 bits per heavy atom. The zero-order valence-electron chi connectivity index (χ0n) is 21.5. The van der Waals surface area contributed by atoms with Gasteiger partial charge in [0.05, 0.1) is 35.5 Å². The lowest BCUT2D eigenvalue weighted by molar-refractivity contribution is 0.344. The second-order valence-electron chi connectivity index (χ2n) is 8.77. The van der Waals surface area contributed by atoms with Gasteiger partial charge in [0.1, 0.15) is 23.0 Å². The molecule has 186 valence electrons. The van der Waals surface area contributed by atoms with Crippen molar-refractivity contribution in [3.05, 3.63) is 108 Å². The molecule has 5 nitrogen and oxygen atoms in total. The van der Waals surface area contributed by atoms with Gasteiger partial charge in [-0.15, -0.1) is 0 Å². The predicted molar refractivity (Wildman–Crippen MR) is 150 cm³/mol. The van der Waals surface area contributed by atoms with Crippen LogP contribution in [0.15, 0.2) is 100 Å². The van der Waals surface area contributed by atoms with Gasteiger partial charge in [-0.05, 0) is 92.6 Å². The molecular weight excluding hydrogens is 460 g/mol. The maximum atomic E-state index is 6.12. The first-order valence-corrected chi connectivity index (χ1v) is 12.4. The monoisotopic (exact) mass is 490 g/mol. The van der Waals surface area contributed by atoms with Crippen molar-refractivity contribution < 1.29 is 13.9 Å². The third-order valence-electron chi connectivity index (χ3n) is 6.24. The van der Waals surface area contributed by atoms with Crippen LogP contribution in [0.4, 0.5) is 17.1 Å². The van der Waals surface area contributed by atoms with Gasteiger partial charge in [0.2, 0.25) is 0 Å². The normalized spacial score (nSPS) is 11.5. The molecule has 4 aromatic carbocycles. The summed E-state index contributed by atoms with van der Waals surface area (Å²) in [6, 6.07) is 30.4. The van der Waals surface area contributed by atoms with Gasteiger partial charge in [-0.3, -0.25) is 0 Å². The summed E-state index contributed by atoms with van der Waals surface area (Å²) in [5.74, 6) is 3.21. The number of hydrogen-bond acceptors (Lipinski definition) is 5. The molecule has 5 aromatic rings. The number of benzene rings is 3. The number of furan rings is 1. The van der Waals surface area contributed by atoms with Crippen molar-refractivity contribution in [1.29, 1.82) is 0 Å². The number of aryl methyl sites for hydroxylation is 2. The molecule has 0 aliphatic carbocycles. The Balaban J connectivity index is 1.67. The largest absolute Gasteiger partial charge is 0.497 e. The number of ether oxygens (including phenoxy) is 2. The molecule has 0 aliphatic rings. The summed E-state index contributed by atoms with van der Waals surface area (Å²) in [6.07, 6.45) is 0. The van der Waals surface area contributed by atoms with E-state index < -0.39 is 0 Å². The van der Waals surface area contributed by atoms with Gasteiger partial charge in [0.15, 0.2) is 0 Å². The van der Waals surface area contributed by atoms with Gasteiger partial charge < -0.3 is 19.2 Å². The average molecular weight is 491 g/mol. The fourth-order valence-corrected chi connectivity index (χ4v) is 4.52. The van der Waals surface area contributed by atoms with Crippen LogP contribution in [0.1, 0.15) is 18.4 Å². The molecule has 0 saturated carbocycles. The summed E-state index contributed by atoms with van der Waals surface area (Å²) in [4.78, 5) is 5.08. The highest BCUT2D eigenvalue weighted by atomic mass is 16.5. The molecular formula is C32H30N2O3. The van der Waals surface area contributed by atoms with E-state index in [2.05, 4.69) is 17.4 Å². The molecule has 1 heterocycles.